The van der Waals surface area contributed by atoms with E-state index in [1.54, 1.807) is 0 Å². The van der Waals surface area contributed by atoms with Crippen LogP contribution in [0.25, 0.3) is 10.9 Å². The third kappa shape index (κ3) is 5.26. The molecule has 182 valence electrons. The summed E-state index contributed by atoms with van der Waals surface area (Å²) in [7, 11) is 1.42. The van der Waals surface area contributed by atoms with E-state index >= 15 is 0 Å². The monoisotopic (exact) mass is 553 g/mol. The lowest BCUT2D eigenvalue weighted by Gasteiger charge is -2.13. The smallest absolute Gasteiger partial charge is 0.338 e. The van der Waals surface area contributed by atoms with Crippen molar-refractivity contribution in [3.05, 3.63) is 97.6 Å². The van der Waals surface area contributed by atoms with E-state index in [-0.39, 0.29) is 5.97 Å². The summed E-state index contributed by atoms with van der Waals surface area (Å²) < 4.78 is 14.4. The summed E-state index contributed by atoms with van der Waals surface area (Å²) in [6.07, 6.45) is 1.77. The Morgan fingerprint density at radius 3 is 2.46 bits per heavy atom. The molecule has 0 aliphatic rings. The molecule has 4 nitrogen and oxygen atoms in total. The first-order valence-electron chi connectivity index (χ1n) is 11.6. The van der Waals surface area contributed by atoms with Gasteiger partial charge in [0.25, 0.3) is 0 Å². The molecule has 0 amide bonds. The number of esters is 1. The molecule has 0 spiro atoms. The van der Waals surface area contributed by atoms with E-state index in [0.717, 1.165) is 50.3 Å². The number of carbonyl (C=O) groups excluding carboxylic acids is 1. The van der Waals surface area contributed by atoms with E-state index in [0.29, 0.717) is 18.7 Å². The predicted molar refractivity (Wildman–Crippen MR) is 146 cm³/mol. The van der Waals surface area contributed by atoms with Crippen LogP contribution in [0.15, 0.2) is 59.1 Å². The van der Waals surface area contributed by atoms with Gasteiger partial charge in [-0.1, -0.05) is 41.9 Å². The summed E-state index contributed by atoms with van der Waals surface area (Å²) in [5, 5.41) is 2.01. The number of methoxy groups -OCH3 is 1. The van der Waals surface area contributed by atoms with Crippen molar-refractivity contribution in [1.29, 1.82) is 0 Å². The third-order valence-corrected chi connectivity index (χ3v) is 7.66. The Labute approximate surface area is 219 Å². The number of hydrogen-bond acceptors (Lipinski definition) is 3. The van der Waals surface area contributed by atoms with Crippen molar-refractivity contribution in [2.45, 2.75) is 40.2 Å². The molecular formula is C29H29BrClNO3. The van der Waals surface area contributed by atoms with Gasteiger partial charge in [0.15, 0.2) is 0 Å². The molecule has 0 saturated heterocycles. The minimum Gasteiger partial charge on any atom is -0.494 e. The highest BCUT2D eigenvalue weighted by Gasteiger charge is 2.19. The summed E-state index contributed by atoms with van der Waals surface area (Å²) in [5.41, 5.74) is 7.18. The first-order valence-corrected chi connectivity index (χ1v) is 12.8. The molecule has 0 fully saturated rings. The molecule has 0 saturated carbocycles. The second-order valence-electron chi connectivity index (χ2n) is 8.76. The lowest BCUT2D eigenvalue weighted by atomic mass is 10.1. The molecule has 3 aromatic carbocycles. The molecule has 0 N–H and O–H groups in total. The van der Waals surface area contributed by atoms with E-state index < -0.39 is 0 Å². The topological polar surface area (TPSA) is 40.5 Å². The first kappa shape index (κ1) is 25.3. The number of ether oxygens (including phenoxy) is 2. The van der Waals surface area contributed by atoms with Gasteiger partial charge in [-0.2, -0.15) is 0 Å². The quantitative estimate of drug-likeness (QED) is 0.165. The van der Waals surface area contributed by atoms with Crippen LogP contribution in [-0.4, -0.2) is 24.3 Å². The molecule has 0 atom stereocenters. The minimum absolute atomic E-state index is 0.321. The molecule has 1 aromatic heterocycles. The van der Waals surface area contributed by atoms with Crippen LogP contribution in [-0.2, 0) is 17.7 Å². The summed E-state index contributed by atoms with van der Waals surface area (Å²) >= 11 is 10.0. The predicted octanol–water partition coefficient (Wildman–Crippen LogP) is 7.83. The molecule has 0 unspecified atom stereocenters. The number of halogens is 2. The molecule has 4 aromatic rings. The zero-order valence-corrected chi connectivity index (χ0v) is 22.8. The number of benzene rings is 3. The Hall–Kier alpha value is -2.76. The number of fused-ring (bicyclic) bond motifs is 1. The molecule has 0 aliphatic carbocycles. The number of rotatable bonds is 8. The van der Waals surface area contributed by atoms with Gasteiger partial charge in [0.2, 0.25) is 0 Å². The van der Waals surface area contributed by atoms with Crippen LogP contribution in [0.1, 0.15) is 44.7 Å². The van der Waals surface area contributed by atoms with E-state index in [4.69, 9.17) is 21.1 Å². The number of carbonyl (C=O) groups is 1. The van der Waals surface area contributed by atoms with Crippen LogP contribution in [0, 0.1) is 20.8 Å². The Balaban J connectivity index is 1.59. The van der Waals surface area contributed by atoms with Crippen LogP contribution < -0.4 is 4.74 Å². The van der Waals surface area contributed by atoms with Crippen LogP contribution >= 0.6 is 27.5 Å². The van der Waals surface area contributed by atoms with Crippen molar-refractivity contribution >= 4 is 44.4 Å². The fourth-order valence-electron chi connectivity index (χ4n) is 4.64. The molecule has 35 heavy (non-hydrogen) atoms. The Kier molecular flexibility index (Phi) is 7.88. The standard InChI is InChI=1S/C29H29BrClNO3/c1-18-15-22(16-19(2)27(18)31)35-14-8-12-23-20(3)32(28-25(23)11-7-13-26(28)30)17-21-9-5-6-10-24(21)29(33)34-4/h5-7,9-11,13,15-16H,8,12,14,17H2,1-4H3. The van der Waals surface area contributed by atoms with Crippen molar-refractivity contribution in [2.24, 2.45) is 0 Å². The lowest BCUT2D eigenvalue weighted by Crippen LogP contribution is -2.10. The van der Waals surface area contributed by atoms with Gasteiger partial charge < -0.3 is 14.0 Å². The average Bonchev–Trinajstić information content (AvgIpc) is 3.11. The van der Waals surface area contributed by atoms with E-state index in [1.807, 2.05) is 50.2 Å². The summed E-state index contributed by atoms with van der Waals surface area (Å²) in [6, 6.07) is 17.9. The zero-order valence-electron chi connectivity index (χ0n) is 20.5. The maximum Gasteiger partial charge on any atom is 0.338 e. The van der Waals surface area contributed by atoms with E-state index in [2.05, 4.69) is 45.6 Å². The molecular weight excluding hydrogens is 526 g/mol. The highest BCUT2D eigenvalue weighted by molar-refractivity contribution is 9.10. The highest BCUT2D eigenvalue weighted by Crippen LogP contribution is 2.33. The fourth-order valence-corrected chi connectivity index (χ4v) is 5.33. The number of aryl methyl sites for hydroxylation is 3. The van der Waals surface area contributed by atoms with Gasteiger partial charge >= 0.3 is 5.97 Å². The SMILES string of the molecule is COC(=O)c1ccccc1Cn1c(C)c(CCCOc2cc(C)c(Cl)c(C)c2)c2cccc(Br)c21. The van der Waals surface area contributed by atoms with E-state index in [9.17, 15) is 4.79 Å². The van der Waals surface area contributed by atoms with Crippen LogP contribution in [0.5, 0.6) is 5.75 Å². The molecule has 4 rings (SSSR count). The molecule has 0 bridgehead atoms. The largest absolute Gasteiger partial charge is 0.494 e. The second-order valence-corrected chi connectivity index (χ2v) is 9.99. The Bertz CT molecular complexity index is 1370. The number of aromatic nitrogens is 1. The van der Waals surface area contributed by atoms with Gasteiger partial charge in [0.05, 0.1) is 24.8 Å². The second kappa shape index (κ2) is 10.9. The molecule has 1 heterocycles. The van der Waals surface area contributed by atoms with Crippen molar-refractivity contribution in [2.75, 3.05) is 13.7 Å². The number of nitrogens with zero attached hydrogens (tertiary/aromatic N) is 1. The normalized spacial score (nSPS) is 11.1. The summed E-state index contributed by atoms with van der Waals surface area (Å²) in [6.45, 7) is 7.34. The van der Waals surface area contributed by atoms with Gasteiger partial charge in [-0.05, 0) is 96.1 Å². The molecule has 6 heteroatoms. The third-order valence-electron chi connectivity index (χ3n) is 6.42. The Morgan fingerprint density at radius 2 is 1.74 bits per heavy atom. The number of para-hydroxylation sites is 1. The van der Waals surface area contributed by atoms with Gasteiger partial charge in [0, 0.05) is 27.1 Å². The first-order chi connectivity index (χ1) is 16.8. The number of hydrogen-bond donors (Lipinski definition) is 0. The molecule has 0 radical (unpaired) electrons. The van der Waals surface area contributed by atoms with Crippen molar-refractivity contribution < 1.29 is 14.3 Å². The minimum atomic E-state index is -0.321. The highest BCUT2D eigenvalue weighted by atomic mass is 79.9. The van der Waals surface area contributed by atoms with Crippen molar-refractivity contribution in [3.8, 4) is 5.75 Å². The molecule has 0 aliphatic heterocycles. The van der Waals surface area contributed by atoms with Gasteiger partial charge in [-0.3, -0.25) is 0 Å². The maximum absolute atomic E-state index is 12.3. The van der Waals surface area contributed by atoms with Crippen molar-refractivity contribution in [3.63, 3.8) is 0 Å². The Morgan fingerprint density at radius 1 is 1.03 bits per heavy atom. The van der Waals surface area contributed by atoms with Crippen LogP contribution in [0.2, 0.25) is 5.02 Å². The van der Waals surface area contributed by atoms with Gasteiger partial charge in [0.1, 0.15) is 5.75 Å². The average molecular weight is 555 g/mol. The summed E-state index contributed by atoms with van der Waals surface area (Å²) in [5.74, 6) is 0.532. The van der Waals surface area contributed by atoms with E-state index in [1.165, 1.54) is 23.8 Å². The fraction of sp³-hybridized carbons (Fsp3) is 0.276. The summed E-state index contributed by atoms with van der Waals surface area (Å²) in [4.78, 5) is 12.3. The lowest BCUT2D eigenvalue weighted by molar-refractivity contribution is 0.0599. The van der Waals surface area contributed by atoms with Gasteiger partial charge in [-0.15, -0.1) is 0 Å². The zero-order chi connectivity index (χ0) is 25.1. The maximum atomic E-state index is 12.3. The van der Waals surface area contributed by atoms with Gasteiger partial charge in [-0.25, -0.2) is 4.79 Å². The van der Waals surface area contributed by atoms with Crippen molar-refractivity contribution in [1.82, 2.24) is 4.57 Å². The van der Waals surface area contributed by atoms with Crippen LogP contribution in [0.3, 0.4) is 0 Å². The van der Waals surface area contributed by atoms with Crippen LogP contribution in [0.4, 0.5) is 0 Å².